The summed E-state index contributed by atoms with van der Waals surface area (Å²) in [6.45, 7) is 0.150. The predicted molar refractivity (Wildman–Crippen MR) is 95.2 cm³/mol. The third-order valence-electron chi connectivity index (χ3n) is 4.71. The largest absolute Gasteiger partial charge is 0.481 e. The van der Waals surface area contributed by atoms with Crippen LogP contribution in [0.15, 0.2) is 60.7 Å². The van der Waals surface area contributed by atoms with Crippen molar-refractivity contribution in [3.8, 4) is 0 Å². The zero-order valence-corrected chi connectivity index (χ0v) is 14.6. The SMILES string of the molecule is O=C(OCc1ccccc1)C1CC(C(=O)OCc2ccccc2)C1C(=O)O. The molecule has 1 aliphatic rings. The van der Waals surface area contributed by atoms with Gasteiger partial charge in [-0.05, 0) is 17.5 Å². The van der Waals surface area contributed by atoms with Crippen LogP contribution in [0.4, 0.5) is 0 Å². The van der Waals surface area contributed by atoms with E-state index in [1.807, 2.05) is 60.7 Å². The van der Waals surface area contributed by atoms with Crippen LogP contribution in [0, 0.1) is 17.8 Å². The highest BCUT2D eigenvalue weighted by molar-refractivity contribution is 5.90. The number of aliphatic carboxylic acids is 1. The highest BCUT2D eigenvalue weighted by Gasteiger charge is 2.54. The lowest BCUT2D eigenvalue weighted by Crippen LogP contribution is -2.50. The van der Waals surface area contributed by atoms with E-state index in [0.29, 0.717) is 0 Å². The lowest BCUT2D eigenvalue weighted by molar-refractivity contribution is -0.180. The predicted octanol–water partition coefficient (Wildman–Crippen LogP) is 2.81. The van der Waals surface area contributed by atoms with Crippen LogP contribution in [-0.2, 0) is 37.1 Å². The Bertz CT molecular complexity index is 740. The number of carboxylic acid groups (broad SMARTS) is 1. The first kappa shape index (κ1) is 18.6. The summed E-state index contributed by atoms with van der Waals surface area (Å²) in [7, 11) is 0. The van der Waals surface area contributed by atoms with E-state index in [1.54, 1.807) is 0 Å². The second-order valence-electron chi connectivity index (χ2n) is 6.50. The van der Waals surface area contributed by atoms with E-state index in [1.165, 1.54) is 0 Å². The van der Waals surface area contributed by atoms with E-state index in [2.05, 4.69) is 0 Å². The summed E-state index contributed by atoms with van der Waals surface area (Å²) < 4.78 is 10.4. The topological polar surface area (TPSA) is 89.9 Å². The number of rotatable bonds is 7. The standard InChI is InChI=1S/C21H20O6/c22-19(23)18-16(20(24)26-12-14-7-3-1-4-8-14)11-17(18)21(25)27-13-15-9-5-2-6-10-15/h1-10,16-18H,11-13H2,(H,22,23). The van der Waals surface area contributed by atoms with E-state index in [-0.39, 0.29) is 19.6 Å². The molecule has 27 heavy (non-hydrogen) atoms. The average molecular weight is 368 g/mol. The minimum atomic E-state index is -1.19. The lowest BCUT2D eigenvalue weighted by Gasteiger charge is -2.38. The number of carbonyl (C=O) groups is 3. The molecule has 0 aromatic heterocycles. The number of hydrogen-bond acceptors (Lipinski definition) is 5. The van der Waals surface area contributed by atoms with E-state index in [0.717, 1.165) is 11.1 Å². The maximum atomic E-state index is 12.2. The van der Waals surface area contributed by atoms with E-state index < -0.39 is 35.7 Å². The molecule has 6 nitrogen and oxygen atoms in total. The van der Waals surface area contributed by atoms with Gasteiger partial charge in [-0.3, -0.25) is 14.4 Å². The fourth-order valence-electron chi connectivity index (χ4n) is 3.15. The van der Waals surface area contributed by atoms with Gasteiger partial charge in [0.25, 0.3) is 0 Å². The molecule has 1 aliphatic carbocycles. The van der Waals surface area contributed by atoms with Gasteiger partial charge in [0.15, 0.2) is 0 Å². The molecule has 1 fully saturated rings. The number of carboxylic acids is 1. The molecule has 0 aliphatic heterocycles. The molecular weight excluding hydrogens is 348 g/mol. The number of benzene rings is 2. The maximum Gasteiger partial charge on any atom is 0.310 e. The van der Waals surface area contributed by atoms with Crippen LogP contribution in [-0.4, -0.2) is 23.0 Å². The van der Waals surface area contributed by atoms with Gasteiger partial charge in [-0.15, -0.1) is 0 Å². The van der Waals surface area contributed by atoms with Crippen molar-refractivity contribution >= 4 is 17.9 Å². The maximum absolute atomic E-state index is 12.2. The third kappa shape index (κ3) is 4.53. The van der Waals surface area contributed by atoms with Gasteiger partial charge in [0.2, 0.25) is 0 Å². The van der Waals surface area contributed by atoms with Crippen molar-refractivity contribution in [2.75, 3.05) is 0 Å². The molecule has 6 heteroatoms. The van der Waals surface area contributed by atoms with Crippen LogP contribution in [0.25, 0.3) is 0 Å². The molecule has 1 saturated carbocycles. The van der Waals surface area contributed by atoms with E-state index in [4.69, 9.17) is 9.47 Å². The van der Waals surface area contributed by atoms with E-state index >= 15 is 0 Å². The van der Waals surface area contributed by atoms with Gasteiger partial charge < -0.3 is 14.6 Å². The molecule has 2 aromatic carbocycles. The molecule has 0 saturated heterocycles. The Balaban J connectivity index is 1.54. The molecule has 0 bridgehead atoms. The molecule has 0 spiro atoms. The van der Waals surface area contributed by atoms with Crippen LogP contribution in [0.2, 0.25) is 0 Å². The molecule has 0 radical (unpaired) electrons. The van der Waals surface area contributed by atoms with E-state index in [9.17, 15) is 19.5 Å². The minimum absolute atomic E-state index is 0.0750. The molecule has 1 N–H and O–H groups in total. The summed E-state index contributed by atoms with van der Waals surface area (Å²) >= 11 is 0. The summed E-state index contributed by atoms with van der Waals surface area (Å²) in [6, 6.07) is 18.2. The number of esters is 2. The highest BCUT2D eigenvalue weighted by atomic mass is 16.5. The molecule has 2 unspecified atom stereocenters. The Hall–Kier alpha value is -3.15. The zero-order valence-electron chi connectivity index (χ0n) is 14.6. The normalized spacial score (nSPS) is 21.0. The summed E-state index contributed by atoms with van der Waals surface area (Å²) in [6.07, 6.45) is 0.123. The number of carbonyl (C=O) groups excluding carboxylic acids is 2. The first-order chi connectivity index (χ1) is 13.1. The van der Waals surface area contributed by atoms with Crippen molar-refractivity contribution in [2.24, 2.45) is 17.8 Å². The van der Waals surface area contributed by atoms with Gasteiger partial charge in [-0.25, -0.2) is 0 Å². The van der Waals surface area contributed by atoms with Crippen molar-refractivity contribution in [3.63, 3.8) is 0 Å². The second kappa shape index (κ2) is 8.49. The molecule has 3 rings (SSSR count). The van der Waals surface area contributed by atoms with Crippen LogP contribution < -0.4 is 0 Å². The molecular formula is C21H20O6. The monoisotopic (exact) mass is 368 g/mol. The molecule has 0 amide bonds. The Morgan fingerprint density at radius 3 is 1.56 bits per heavy atom. The fraction of sp³-hybridized carbons (Fsp3) is 0.286. The van der Waals surface area contributed by atoms with Gasteiger partial charge in [0.1, 0.15) is 13.2 Å². The van der Waals surface area contributed by atoms with Crippen molar-refractivity contribution in [1.82, 2.24) is 0 Å². The highest BCUT2D eigenvalue weighted by Crippen LogP contribution is 2.42. The van der Waals surface area contributed by atoms with Gasteiger partial charge >= 0.3 is 17.9 Å². The first-order valence-electron chi connectivity index (χ1n) is 8.70. The Kier molecular flexibility index (Phi) is 5.86. The van der Waals surface area contributed by atoms with Gasteiger partial charge in [0, 0.05) is 0 Å². The first-order valence-corrected chi connectivity index (χ1v) is 8.70. The van der Waals surface area contributed by atoms with Crippen LogP contribution in [0.3, 0.4) is 0 Å². The van der Waals surface area contributed by atoms with Gasteiger partial charge in [0.05, 0.1) is 17.8 Å². The van der Waals surface area contributed by atoms with Crippen LogP contribution in [0.5, 0.6) is 0 Å². The quantitative estimate of drug-likeness (QED) is 0.756. The fourth-order valence-corrected chi connectivity index (χ4v) is 3.15. The Morgan fingerprint density at radius 2 is 1.19 bits per heavy atom. The van der Waals surface area contributed by atoms with Crippen LogP contribution >= 0.6 is 0 Å². The summed E-state index contributed by atoms with van der Waals surface area (Å²) in [4.78, 5) is 36.0. The lowest BCUT2D eigenvalue weighted by atomic mass is 9.64. The summed E-state index contributed by atoms with van der Waals surface area (Å²) in [5.74, 6) is -5.17. The van der Waals surface area contributed by atoms with Crippen molar-refractivity contribution in [2.45, 2.75) is 19.6 Å². The minimum Gasteiger partial charge on any atom is -0.481 e. The molecule has 0 heterocycles. The average Bonchev–Trinajstić information content (AvgIpc) is 2.65. The number of hydrogen-bond donors (Lipinski definition) is 1. The Labute approximate surface area is 156 Å². The molecule has 2 atom stereocenters. The van der Waals surface area contributed by atoms with Gasteiger partial charge in [-0.1, -0.05) is 60.7 Å². The summed E-state index contributed by atoms with van der Waals surface area (Å²) in [5.41, 5.74) is 1.63. The zero-order chi connectivity index (χ0) is 19.2. The van der Waals surface area contributed by atoms with Crippen molar-refractivity contribution in [1.29, 1.82) is 0 Å². The number of ether oxygens (including phenoxy) is 2. The van der Waals surface area contributed by atoms with Gasteiger partial charge in [-0.2, -0.15) is 0 Å². The van der Waals surface area contributed by atoms with Crippen molar-refractivity contribution < 1.29 is 29.0 Å². The molecule has 2 aromatic rings. The van der Waals surface area contributed by atoms with Crippen molar-refractivity contribution in [3.05, 3.63) is 71.8 Å². The Morgan fingerprint density at radius 1 is 0.778 bits per heavy atom. The second-order valence-corrected chi connectivity index (χ2v) is 6.50. The van der Waals surface area contributed by atoms with Crippen LogP contribution in [0.1, 0.15) is 17.5 Å². The smallest absolute Gasteiger partial charge is 0.310 e. The summed E-state index contributed by atoms with van der Waals surface area (Å²) in [5, 5.41) is 9.43. The third-order valence-corrected chi connectivity index (χ3v) is 4.71. The molecule has 140 valence electrons.